The van der Waals surface area contributed by atoms with Gasteiger partial charge in [0, 0.05) is 24.7 Å². The summed E-state index contributed by atoms with van der Waals surface area (Å²) in [6.45, 7) is 3.59. The Balaban J connectivity index is 1.95. The lowest BCUT2D eigenvalue weighted by atomic mass is 9.88. The molecule has 0 spiro atoms. The van der Waals surface area contributed by atoms with Gasteiger partial charge in [0.15, 0.2) is 0 Å². The third-order valence-electron chi connectivity index (χ3n) is 5.06. The van der Waals surface area contributed by atoms with Crippen LogP contribution < -0.4 is 5.32 Å². The summed E-state index contributed by atoms with van der Waals surface area (Å²) < 4.78 is 0. The number of nitrogens with one attached hydrogen (secondary N) is 1. The Bertz CT molecular complexity index is 199. The molecule has 2 rings (SSSR count). The highest BCUT2D eigenvalue weighted by molar-refractivity contribution is 4.85. The zero-order valence-corrected chi connectivity index (χ0v) is 12.5. The first-order chi connectivity index (χ1) is 8.81. The molecule has 18 heavy (non-hydrogen) atoms. The number of likely N-dealkylation sites (N-methyl/N-ethyl adjacent to an activating group) is 1. The fourth-order valence-electron chi connectivity index (χ4n) is 3.83. The minimum absolute atomic E-state index is 0.633. The third kappa shape index (κ3) is 3.96. The van der Waals surface area contributed by atoms with Crippen molar-refractivity contribution < 1.29 is 0 Å². The largest absolute Gasteiger partial charge is 0.316 e. The molecule has 2 aliphatic carbocycles. The summed E-state index contributed by atoms with van der Waals surface area (Å²) in [5, 5.41) is 3.43. The molecule has 106 valence electrons. The van der Waals surface area contributed by atoms with Gasteiger partial charge >= 0.3 is 0 Å². The van der Waals surface area contributed by atoms with Gasteiger partial charge in [0.1, 0.15) is 0 Å². The predicted molar refractivity (Wildman–Crippen MR) is 79.0 cm³/mol. The van der Waals surface area contributed by atoms with Gasteiger partial charge in [-0.15, -0.1) is 0 Å². The zero-order chi connectivity index (χ0) is 12.8. The van der Waals surface area contributed by atoms with Gasteiger partial charge in [-0.05, 0) is 39.7 Å². The van der Waals surface area contributed by atoms with Crippen LogP contribution >= 0.6 is 0 Å². The first-order valence-electron chi connectivity index (χ1n) is 8.24. The number of hydrogen-bond donors (Lipinski definition) is 1. The molecule has 0 radical (unpaired) electrons. The van der Waals surface area contributed by atoms with Crippen LogP contribution in [0.25, 0.3) is 0 Å². The highest BCUT2D eigenvalue weighted by Crippen LogP contribution is 2.30. The Kier molecular flexibility index (Phi) is 5.97. The summed E-state index contributed by atoms with van der Waals surface area (Å²) in [7, 11) is 2.10. The minimum Gasteiger partial charge on any atom is -0.316 e. The zero-order valence-electron chi connectivity index (χ0n) is 12.5. The van der Waals surface area contributed by atoms with Crippen LogP contribution in [0.5, 0.6) is 0 Å². The average molecular weight is 252 g/mol. The molecular weight excluding hydrogens is 220 g/mol. The molecule has 0 bridgehead atoms. The molecule has 0 heterocycles. The number of hydrogen-bond acceptors (Lipinski definition) is 2. The van der Waals surface area contributed by atoms with Gasteiger partial charge in [0.2, 0.25) is 0 Å². The molecule has 2 fully saturated rings. The summed E-state index contributed by atoms with van der Waals surface area (Å²) in [6.07, 6.45) is 14.6. The molecule has 0 saturated heterocycles. The fourth-order valence-corrected chi connectivity index (χ4v) is 3.83. The highest BCUT2D eigenvalue weighted by Gasteiger charge is 2.29. The number of rotatable bonds is 5. The van der Waals surface area contributed by atoms with Gasteiger partial charge < -0.3 is 5.32 Å². The second-order valence-corrected chi connectivity index (χ2v) is 6.47. The summed E-state index contributed by atoms with van der Waals surface area (Å²) >= 11 is 0. The van der Waals surface area contributed by atoms with Gasteiger partial charge in [0.25, 0.3) is 0 Å². The first kappa shape index (κ1) is 14.3. The van der Waals surface area contributed by atoms with Crippen molar-refractivity contribution in [1.82, 2.24) is 10.2 Å². The lowest BCUT2D eigenvalue weighted by Gasteiger charge is -2.43. The van der Waals surface area contributed by atoms with Crippen LogP contribution in [0, 0.1) is 0 Å². The summed E-state index contributed by atoms with van der Waals surface area (Å²) in [5.41, 5.74) is 0. The van der Waals surface area contributed by atoms with E-state index in [4.69, 9.17) is 0 Å². The van der Waals surface area contributed by atoms with Crippen LogP contribution in [-0.4, -0.2) is 36.6 Å². The summed E-state index contributed by atoms with van der Waals surface area (Å²) in [4.78, 5) is 2.89. The Hall–Kier alpha value is -0.0800. The molecule has 1 unspecified atom stereocenters. The molecule has 2 aliphatic rings. The molecule has 0 aromatic heterocycles. The second-order valence-electron chi connectivity index (χ2n) is 6.47. The minimum atomic E-state index is 0.633. The van der Waals surface area contributed by atoms with E-state index in [0.717, 1.165) is 12.1 Å². The van der Waals surface area contributed by atoms with Crippen LogP contribution in [0.4, 0.5) is 0 Å². The van der Waals surface area contributed by atoms with E-state index in [0.29, 0.717) is 6.04 Å². The van der Waals surface area contributed by atoms with E-state index in [1.165, 1.54) is 70.8 Å². The smallest absolute Gasteiger partial charge is 0.0163 e. The Morgan fingerprint density at radius 1 is 0.889 bits per heavy atom. The first-order valence-corrected chi connectivity index (χ1v) is 8.24. The van der Waals surface area contributed by atoms with Gasteiger partial charge in [0.05, 0.1) is 0 Å². The molecule has 2 heteroatoms. The van der Waals surface area contributed by atoms with E-state index in [-0.39, 0.29) is 0 Å². The average Bonchev–Trinajstić information content (AvgIpc) is 2.46. The fraction of sp³-hybridized carbons (Fsp3) is 1.00. The van der Waals surface area contributed by atoms with Crippen molar-refractivity contribution in [3.63, 3.8) is 0 Å². The van der Waals surface area contributed by atoms with E-state index in [1.807, 2.05) is 0 Å². The van der Waals surface area contributed by atoms with Crippen molar-refractivity contribution in [2.75, 3.05) is 13.6 Å². The Morgan fingerprint density at radius 2 is 1.33 bits per heavy atom. The van der Waals surface area contributed by atoms with Crippen molar-refractivity contribution >= 4 is 0 Å². The maximum Gasteiger partial charge on any atom is 0.0163 e. The molecule has 0 aromatic carbocycles. The van der Waals surface area contributed by atoms with Crippen LogP contribution in [-0.2, 0) is 0 Å². The topological polar surface area (TPSA) is 15.3 Å². The monoisotopic (exact) mass is 252 g/mol. The maximum atomic E-state index is 3.43. The SMILES string of the molecule is CNC(C)CN(C1CCCCC1)C1CCCCC1. The quantitative estimate of drug-likeness (QED) is 0.805. The van der Waals surface area contributed by atoms with Crippen molar-refractivity contribution in [1.29, 1.82) is 0 Å². The molecular formula is C16H32N2. The molecule has 2 saturated carbocycles. The number of nitrogens with zero attached hydrogens (tertiary/aromatic N) is 1. The third-order valence-corrected chi connectivity index (χ3v) is 5.06. The van der Waals surface area contributed by atoms with E-state index in [2.05, 4.69) is 24.2 Å². The normalized spacial score (nSPS) is 25.5. The molecule has 0 aliphatic heterocycles. The lowest BCUT2D eigenvalue weighted by Crippen LogP contribution is -2.50. The van der Waals surface area contributed by atoms with Crippen molar-refractivity contribution in [3.05, 3.63) is 0 Å². The molecule has 1 atom stereocenters. The van der Waals surface area contributed by atoms with Crippen molar-refractivity contribution in [2.24, 2.45) is 0 Å². The Morgan fingerprint density at radius 3 is 1.72 bits per heavy atom. The van der Waals surface area contributed by atoms with Gasteiger partial charge in [-0.25, -0.2) is 0 Å². The van der Waals surface area contributed by atoms with Crippen molar-refractivity contribution in [2.45, 2.75) is 89.3 Å². The molecule has 1 N–H and O–H groups in total. The standard InChI is InChI=1S/C16H32N2/c1-14(17-2)13-18(15-9-5-3-6-10-15)16-11-7-4-8-12-16/h14-17H,3-13H2,1-2H3. The van der Waals surface area contributed by atoms with Gasteiger partial charge in [-0.1, -0.05) is 38.5 Å². The van der Waals surface area contributed by atoms with Crippen LogP contribution in [0.15, 0.2) is 0 Å². The summed E-state index contributed by atoms with van der Waals surface area (Å²) in [5.74, 6) is 0. The van der Waals surface area contributed by atoms with Gasteiger partial charge in [-0.2, -0.15) is 0 Å². The molecule has 2 nitrogen and oxygen atoms in total. The highest BCUT2D eigenvalue weighted by atomic mass is 15.2. The maximum absolute atomic E-state index is 3.43. The van der Waals surface area contributed by atoms with Crippen molar-refractivity contribution in [3.8, 4) is 0 Å². The van der Waals surface area contributed by atoms with Gasteiger partial charge in [-0.3, -0.25) is 4.90 Å². The van der Waals surface area contributed by atoms with Crippen LogP contribution in [0.1, 0.15) is 71.1 Å². The van der Waals surface area contributed by atoms with E-state index < -0.39 is 0 Å². The molecule has 0 aromatic rings. The van der Waals surface area contributed by atoms with E-state index in [9.17, 15) is 0 Å². The second kappa shape index (κ2) is 7.49. The van der Waals surface area contributed by atoms with Crippen LogP contribution in [0.2, 0.25) is 0 Å². The van der Waals surface area contributed by atoms with E-state index in [1.54, 1.807) is 0 Å². The Labute approximate surface area is 114 Å². The molecule has 0 amide bonds. The lowest BCUT2D eigenvalue weighted by molar-refractivity contribution is 0.0731. The van der Waals surface area contributed by atoms with E-state index >= 15 is 0 Å². The van der Waals surface area contributed by atoms with Crippen LogP contribution in [0.3, 0.4) is 0 Å². The predicted octanol–water partition coefficient (Wildman–Crippen LogP) is 3.56. The summed E-state index contributed by atoms with van der Waals surface area (Å²) in [6, 6.07) is 2.41.